The zero-order chi connectivity index (χ0) is 12.4. The number of ether oxygens (including phenoxy) is 1. The minimum atomic E-state index is 0.0990. The van der Waals surface area contributed by atoms with Crippen molar-refractivity contribution in [1.82, 2.24) is 9.55 Å². The van der Waals surface area contributed by atoms with Gasteiger partial charge in [0.2, 0.25) is 0 Å². The van der Waals surface area contributed by atoms with Gasteiger partial charge >= 0.3 is 6.01 Å². The largest absolute Gasteiger partial charge is 0.504 e. The van der Waals surface area contributed by atoms with Crippen LogP contribution in [0, 0.1) is 0 Å². The van der Waals surface area contributed by atoms with Gasteiger partial charge < -0.3 is 9.84 Å². The molecule has 1 heterocycles. The minimum absolute atomic E-state index is 0.0990. The molecule has 2 aromatic rings. The lowest BCUT2D eigenvalue weighted by atomic mass is 10.3. The van der Waals surface area contributed by atoms with Crippen molar-refractivity contribution in [2.75, 3.05) is 0 Å². The third-order valence-corrected chi connectivity index (χ3v) is 2.89. The Morgan fingerprint density at radius 2 is 2.06 bits per heavy atom. The Morgan fingerprint density at radius 1 is 1.35 bits per heavy atom. The van der Waals surface area contributed by atoms with Crippen molar-refractivity contribution in [2.24, 2.45) is 0 Å². The molecule has 0 aliphatic heterocycles. The van der Waals surface area contributed by atoms with Crippen LogP contribution in [-0.2, 0) is 0 Å². The molecule has 90 valence electrons. The Morgan fingerprint density at radius 3 is 2.71 bits per heavy atom. The molecule has 1 aromatic carbocycles. The first-order valence-electron chi connectivity index (χ1n) is 5.28. The maximum Gasteiger partial charge on any atom is 0.303 e. The number of aromatic nitrogens is 2. The van der Waals surface area contributed by atoms with E-state index in [1.54, 1.807) is 30.5 Å². The van der Waals surface area contributed by atoms with E-state index in [9.17, 15) is 5.11 Å². The van der Waals surface area contributed by atoms with Gasteiger partial charge in [0, 0.05) is 6.04 Å². The van der Waals surface area contributed by atoms with Crippen LogP contribution in [0.3, 0.4) is 0 Å². The molecule has 0 aliphatic rings. The molecule has 0 aliphatic carbocycles. The standard InChI is InChI=1S/C12H13BrN2O2/c1-8(2)15-11(13)7-14-12(15)17-10-6-4-3-5-9(10)16/h3-8,16H,1-2H3. The fourth-order valence-electron chi connectivity index (χ4n) is 1.51. The number of halogens is 1. The van der Waals surface area contributed by atoms with E-state index in [0.717, 1.165) is 4.60 Å². The van der Waals surface area contributed by atoms with E-state index in [4.69, 9.17) is 4.74 Å². The summed E-state index contributed by atoms with van der Waals surface area (Å²) in [6, 6.07) is 7.48. The van der Waals surface area contributed by atoms with Gasteiger partial charge in [-0.1, -0.05) is 12.1 Å². The van der Waals surface area contributed by atoms with E-state index in [0.29, 0.717) is 11.8 Å². The van der Waals surface area contributed by atoms with E-state index in [2.05, 4.69) is 20.9 Å². The summed E-state index contributed by atoms with van der Waals surface area (Å²) in [7, 11) is 0. The van der Waals surface area contributed by atoms with E-state index in [-0.39, 0.29) is 11.8 Å². The molecule has 5 heteroatoms. The van der Waals surface area contributed by atoms with Crippen molar-refractivity contribution < 1.29 is 9.84 Å². The third kappa shape index (κ3) is 2.44. The van der Waals surface area contributed by atoms with Crippen LogP contribution >= 0.6 is 15.9 Å². The lowest BCUT2D eigenvalue weighted by Gasteiger charge is -2.13. The first-order chi connectivity index (χ1) is 8.09. The molecule has 2 rings (SSSR count). The third-order valence-electron chi connectivity index (χ3n) is 2.30. The monoisotopic (exact) mass is 296 g/mol. The summed E-state index contributed by atoms with van der Waals surface area (Å²) in [5.41, 5.74) is 0. The average molecular weight is 297 g/mol. The highest BCUT2D eigenvalue weighted by Gasteiger charge is 2.14. The topological polar surface area (TPSA) is 47.3 Å². The average Bonchev–Trinajstić information content (AvgIpc) is 2.63. The van der Waals surface area contributed by atoms with Crippen molar-refractivity contribution in [3.8, 4) is 17.5 Å². The van der Waals surface area contributed by atoms with Gasteiger partial charge in [-0.15, -0.1) is 0 Å². The minimum Gasteiger partial charge on any atom is -0.504 e. The second-order valence-electron chi connectivity index (χ2n) is 3.90. The molecule has 17 heavy (non-hydrogen) atoms. The number of imidazole rings is 1. The van der Waals surface area contributed by atoms with Gasteiger partial charge in [0.25, 0.3) is 0 Å². The van der Waals surface area contributed by atoms with Crippen LogP contribution in [0.5, 0.6) is 17.5 Å². The van der Waals surface area contributed by atoms with E-state index in [1.165, 1.54) is 0 Å². The van der Waals surface area contributed by atoms with Crippen LogP contribution in [0.1, 0.15) is 19.9 Å². The summed E-state index contributed by atoms with van der Waals surface area (Å²) < 4.78 is 8.33. The zero-order valence-corrected chi connectivity index (χ0v) is 11.2. The maximum absolute atomic E-state index is 9.63. The molecular formula is C12H13BrN2O2. The van der Waals surface area contributed by atoms with Crippen molar-refractivity contribution >= 4 is 15.9 Å². The molecule has 0 radical (unpaired) electrons. The number of phenolic OH excluding ortho intramolecular Hbond substituents is 1. The molecule has 0 spiro atoms. The van der Waals surface area contributed by atoms with Gasteiger partial charge in [-0.25, -0.2) is 4.98 Å². The molecule has 1 aromatic heterocycles. The number of nitrogens with zero attached hydrogens (tertiary/aromatic N) is 2. The molecule has 1 N–H and O–H groups in total. The SMILES string of the molecule is CC(C)n1c(Br)cnc1Oc1ccccc1O. The van der Waals surface area contributed by atoms with Gasteiger partial charge in [0.05, 0.1) is 6.20 Å². The molecule has 0 saturated carbocycles. The Bertz CT molecular complexity index is 523. The lowest BCUT2D eigenvalue weighted by Crippen LogP contribution is -2.03. The summed E-state index contributed by atoms with van der Waals surface area (Å²) in [5.74, 6) is 0.495. The number of phenols is 1. The Balaban J connectivity index is 2.34. The molecule has 4 nitrogen and oxygen atoms in total. The van der Waals surface area contributed by atoms with Gasteiger partial charge in [0.1, 0.15) is 4.60 Å². The Labute approximate surface area is 108 Å². The summed E-state index contributed by atoms with van der Waals surface area (Å²) in [6.45, 7) is 4.06. The molecule has 0 unspecified atom stereocenters. The van der Waals surface area contributed by atoms with Crippen LogP contribution < -0.4 is 4.74 Å². The van der Waals surface area contributed by atoms with Crippen molar-refractivity contribution in [3.63, 3.8) is 0 Å². The number of aromatic hydroxyl groups is 1. The van der Waals surface area contributed by atoms with E-state index >= 15 is 0 Å². The van der Waals surface area contributed by atoms with Crippen molar-refractivity contribution in [1.29, 1.82) is 0 Å². The summed E-state index contributed by atoms with van der Waals surface area (Å²) >= 11 is 3.41. The van der Waals surface area contributed by atoms with Crippen molar-refractivity contribution in [3.05, 3.63) is 35.1 Å². The van der Waals surface area contributed by atoms with Crippen LogP contribution in [-0.4, -0.2) is 14.7 Å². The van der Waals surface area contributed by atoms with E-state index in [1.807, 2.05) is 18.4 Å². The van der Waals surface area contributed by atoms with Gasteiger partial charge in [-0.3, -0.25) is 4.57 Å². The van der Waals surface area contributed by atoms with Gasteiger partial charge in [-0.05, 0) is 41.9 Å². The smallest absolute Gasteiger partial charge is 0.303 e. The predicted octanol–water partition coefficient (Wildman–Crippen LogP) is 3.72. The second-order valence-corrected chi connectivity index (χ2v) is 4.71. The number of hydrogen-bond acceptors (Lipinski definition) is 3. The highest BCUT2D eigenvalue weighted by molar-refractivity contribution is 9.10. The summed E-state index contributed by atoms with van der Waals surface area (Å²) in [6.07, 6.45) is 1.68. The highest BCUT2D eigenvalue weighted by Crippen LogP contribution is 2.32. The highest BCUT2D eigenvalue weighted by atomic mass is 79.9. The number of para-hydroxylation sites is 2. The zero-order valence-electron chi connectivity index (χ0n) is 9.59. The molecule has 0 bridgehead atoms. The second kappa shape index (κ2) is 4.79. The van der Waals surface area contributed by atoms with Crippen LogP contribution in [0.15, 0.2) is 35.1 Å². The number of rotatable bonds is 3. The van der Waals surface area contributed by atoms with Gasteiger partial charge in [0.15, 0.2) is 11.5 Å². The molecule has 0 atom stereocenters. The molecule has 0 saturated heterocycles. The quantitative estimate of drug-likeness (QED) is 0.939. The first kappa shape index (κ1) is 12.0. The molecular weight excluding hydrogens is 284 g/mol. The van der Waals surface area contributed by atoms with Crippen LogP contribution in [0.2, 0.25) is 0 Å². The normalized spacial score (nSPS) is 10.8. The molecule has 0 fully saturated rings. The summed E-state index contributed by atoms with van der Waals surface area (Å²) in [5, 5.41) is 9.63. The Hall–Kier alpha value is -1.49. The van der Waals surface area contributed by atoms with Crippen LogP contribution in [0.4, 0.5) is 0 Å². The summed E-state index contributed by atoms with van der Waals surface area (Å²) in [4.78, 5) is 4.16. The number of hydrogen-bond donors (Lipinski definition) is 1. The predicted molar refractivity (Wildman–Crippen MR) is 68.5 cm³/mol. The van der Waals surface area contributed by atoms with E-state index < -0.39 is 0 Å². The fraction of sp³-hybridized carbons (Fsp3) is 0.250. The van der Waals surface area contributed by atoms with Crippen molar-refractivity contribution in [2.45, 2.75) is 19.9 Å². The van der Waals surface area contributed by atoms with Crippen LogP contribution in [0.25, 0.3) is 0 Å². The van der Waals surface area contributed by atoms with Gasteiger partial charge in [-0.2, -0.15) is 0 Å². The molecule has 0 amide bonds. The maximum atomic E-state index is 9.63. The lowest BCUT2D eigenvalue weighted by molar-refractivity contribution is 0.365. The Kier molecular flexibility index (Phi) is 3.38. The first-order valence-corrected chi connectivity index (χ1v) is 6.07. The fourth-order valence-corrected chi connectivity index (χ4v) is 2.17. The number of benzene rings is 1.